The van der Waals surface area contributed by atoms with E-state index in [1.807, 2.05) is 0 Å². The molecule has 0 amide bonds. The van der Waals surface area contributed by atoms with Gasteiger partial charge in [0.25, 0.3) is 11.1 Å². The first kappa shape index (κ1) is 35.6. The zero-order chi connectivity index (χ0) is 35.4. The van der Waals surface area contributed by atoms with Crippen LogP contribution in [0.1, 0.15) is 30.1 Å². The Kier molecular flexibility index (Phi) is 11.2. The highest BCUT2D eigenvalue weighted by Crippen LogP contribution is 2.38. The monoisotopic (exact) mass is 734 g/mol. The van der Waals surface area contributed by atoms with Crippen molar-refractivity contribution in [3.8, 4) is 11.5 Å². The third-order valence-electron chi connectivity index (χ3n) is 8.61. The average molecular weight is 736 g/mol. The highest BCUT2D eigenvalue weighted by Gasteiger charge is 2.27. The number of ether oxygens (including phenoxy) is 4. The number of fused-ring (bicyclic) bond motifs is 1. The van der Waals surface area contributed by atoms with Crippen LogP contribution in [0.2, 0.25) is 10.0 Å². The zero-order valence-corrected chi connectivity index (χ0v) is 28.3. The third kappa shape index (κ3) is 8.55. The van der Waals surface area contributed by atoms with Crippen LogP contribution in [0.25, 0.3) is 10.8 Å². The largest absolute Gasteiger partial charge is 0.619 e. The van der Waals surface area contributed by atoms with Crippen LogP contribution in [0.4, 0.5) is 8.78 Å². The normalized spacial score (nSPS) is 15.7. The lowest BCUT2D eigenvalue weighted by atomic mass is 10.0. The van der Waals surface area contributed by atoms with E-state index in [0.29, 0.717) is 43.1 Å². The number of carbonyl (C=O) groups is 1. The van der Waals surface area contributed by atoms with Crippen LogP contribution in [0.15, 0.2) is 64.4 Å². The van der Waals surface area contributed by atoms with Crippen molar-refractivity contribution in [1.82, 2.24) is 14.3 Å². The highest BCUT2D eigenvalue weighted by molar-refractivity contribution is 6.35. The molecular formula is C34H34Cl2F2N4O8. The van der Waals surface area contributed by atoms with E-state index < -0.39 is 36.3 Å². The molecule has 2 fully saturated rings. The number of aromatic nitrogens is 3. The lowest BCUT2D eigenvalue weighted by Gasteiger charge is -2.27. The number of alkyl halides is 2. The maximum absolute atomic E-state index is 13.8. The topological polar surface area (TPSA) is 128 Å². The Balaban J connectivity index is 1.34. The molecule has 1 atom stereocenters. The molecule has 2 aliphatic rings. The van der Waals surface area contributed by atoms with Crippen LogP contribution >= 0.6 is 23.2 Å². The molecule has 266 valence electrons. The molecular weight excluding hydrogens is 701 g/mol. The Labute approximate surface area is 294 Å². The maximum atomic E-state index is 13.8. The molecule has 16 heteroatoms. The molecule has 50 heavy (non-hydrogen) atoms. The lowest BCUT2D eigenvalue weighted by Crippen LogP contribution is -2.44. The zero-order valence-electron chi connectivity index (χ0n) is 26.8. The number of pyridine rings is 1. The molecule has 1 saturated carbocycles. The first-order chi connectivity index (χ1) is 24.1. The molecule has 0 spiro atoms. The van der Waals surface area contributed by atoms with Gasteiger partial charge >= 0.3 is 12.6 Å². The first-order valence-corrected chi connectivity index (χ1v) is 16.8. The second kappa shape index (κ2) is 15.8. The summed E-state index contributed by atoms with van der Waals surface area (Å²) in [6.07, 6.45) is 2.77. The van der Waals surface area contributed by atoms with Crippen molar-refractivity contribution >= 4 is 39.9 Å². The molecule has 4 aromatic rings. The minimum atomic E-state index is -3.11. The number of morpholine rings is 1. The minimum Gasteiger partial charge on any atom is -0.619 e. The van der Waals surface area contributed by atoms with Gasteiger partial charge in [0.2, 0.25) is 0 Å². The van der Waals surface area contributed by atoms with Crippen molar-refractivity contribution in [2.24, 2.45) is 5.92 Å². The second-order valence-corrected chi connectivity index (χ2v) is 12.9. The summed E-state index contributed by atoms with van der Waals surface area (Å²) in [5.74, 6) is -0.790. The van der Waals surface area contributed by atoms with E-state index in [4.69, 9.17) is 37.4 Å². The summed E-state index contributed by atoms with van der Waals surface area (Å²) in [5.41, 5.74) is -0.420. The van der Waals surface area contributed by atoms with Crippen LogP contribution in [-0.4, -0.2) is 66.3 Å². The molecule has 1 unspecified atom stereocenters. The molecule has 3 heterocycles. The summed E-state index contributed by atoms with van der Waals surface area (Å²) < 4.78 is 51.1. The van der Waals surface area contributed by atoms with Gasteiger partial charge in [0.1, 0.15) is 22.7 Å². The summed E-state index contributed by atoms with van der Waals surface area (Å²) in [7, 11) is 0. The predicted octanol–water partition coefficient (Wildman–Crippen LogP) is 4.35. The van der Waals surface area contributed by atoms with E-state index in [0.717, 1.165) is 29.9 Å². The van der Waals surface area contributed by atoms with E-state index in [1.165, 1.54) is 28.9 Å². The van der Waals surface area contributed by atoms with Gasteiger partial charge in [-0.2, -0.15) is 13.5 Å². The minimum absolute atomic E-state index is 0.000825. The van der Waals surface area contributed by atoms with E-state index in [9.17, 15) is 28.4 Å². The van der Waals surface area contributed by atoms with E-state index >= 15 is 0 Å². The Morgan fingerprint density at radius 1 is 0.960 bits per heavy atom. The first-order valence-electron chi connectivity index (χ1n) is 16.1. The van der Waals surface area contributed by atoms with Crippen LogP contribution in [-0.2, 0) is 33.8 Å². The van der Waals surface area contributed by atoms with Crippen molar-refractivity contribution in [2.45, 2.75) is 45.1 Å². The molecule has 2 aromatic heterocycles. The smallest absolute Gasteiger partial charge is 0.387 e. The number of esters is 1. The number of halogens is 4. The van der Waals surface area contributed by atoms with Crippen LogP contribution in [0, 0.1) is 11.1 Å². The SMILES string of the molecule is O=C(Cn1c(=O)c2ccccc2c(=O)n1CCN1CCOCC1)OC(Cc1c(Cl)c[n+]([O-])cc1Cl)c1ccc(OC(F)F)c(OCC2CC2)c1. The second-order valence-electron chi connectivity index (χ2n) is 12.1. The molecule has 1 aliphatic heterocycles. The van der Waals surface area contributed by atoms with Crippen LogP contribution < -0.4 is 25.3 Å². The van der Waals surface area contributed by atoms with Gasteiger partial charge in [-0.05, 0) is 48.6 Å². The molecule has 0 radical (unpaired) electrons. The maximum Gasteiger partial charge on any atom is 0.387 e. The van der Waals surface area contributed by atoms with Crippen molar-refractivity contribution in [3.63, 3.8) is 0 Å². The molecule has 1 saturated heterocycles. The number of carbonyl (C=O) groups excluding carboxylic acids is 1. The summed E-state index contributed by atoms with van der Waals surface area (Å²) >= 11 is 12.8. The molecule has 0 N–H and O–H groups in total. The summed E-state index contributed by atoms with van der Waals surface area (Å²) in [5, 5.41) is 12.3. The number of benzene rings is 2. The molecule has 6 rings (SSSR count). The fourth-order valence-electron chi connectivity index (χ4n) is 5.77. The predicted molar refractivity (Wildman–Crippen MR) is 179 cm³/mol. The molecule has 2 aromatic carbocycles. The Morgan fingerprint density at radius 3 is 2.26 bits per heavy atom. The van der Waals surface area contributed by atoms with Crippen LogP contribution in [0.5, 0.6) is 11.5 Å². The molecule has 0 bridgehead atoms. The third-order valence-corrected chi connectivity index (χ3v) is 9.26. The Hall–Kier alpha value is -4.24. The Bertz CT molecular complexity index is 1960. The number of hydrogen-bond acceptors (Lipinski definition) is 9. The number of rotatable bonds is 14. The summed E-state index contributed by atoms with van der Waals surface area (Å²) in [6, 6.07) is 10.5. The number of nitrogens with zero attached hydrogens (tertiary/aromatic N) is 4. The van der Waals surface area contributed by atoms with Gasteiger partial charge in [-0.25, -0.2) is 9.36 Å². The quantitative estimate of drug-likeness (QED) is 0.106. The standard InChI is InChI=1S/C34H34Cl2F2N4O8/c35-26-17-40(46)18-27(36)25(26)16-29(22-7-8-28(50-34(37)38)30(15-22)48-20-21-5-6-21)49-31(43)19-42-33(45)24-4-2-1-3-23(24)32(44)41(42)10-9-39-11-13-47-14-12-39/h1-4,7-8,15,17-18,21,29,34H,5-6,9-14,16,19-20H2. The van der Waals surface area contributed by atoms with Crippen LogP contribution in [0.3, 0.4) is 0 Å². The fraction of sp³-hybridized carbons (Fsp3) is 0.412. The van der Waals surface area contributed by atoms with Gasteiger partial charge in [-0.3, -0.25) is 19.3 Å². The van der Waals surface area contributed by atoms with E-state index in [2.05, 4.69) is 9.64 Å². The molecule has 12 nitrogen and oxygen atoms in total. The van der Waals surface area contributed by atoms with Gasteiger partial charge in [0, 0.05) is 31.6 Å². The lowest BCUT2D eigenvalue weighted by molar-refractivity contribution is -0.605. The van der Waals surface area contributed by atoms with Gasteiger partial charge in [0.15, 0.2) is 23.9 Å². The van der Waals surface area contributed by atoms with Crippen molar-refractivity contribution in [2.75, 3.05) is 39.5 Å². The summed E-state index contributed by atoms with van der Waals surface area (Å²) in [6.45, 7) is -0.526. The number of hydrogen-bond donors (Lipinski definition) is 0. The highest BCUT2D eigenvalue weighted by atomic mass is 35.5. The van der Waals surface area contributed by atoms with Gasteiger partial charge in [-0.1, -0.05) is 41.4 Å². The van der Waals surface area contributed by atoms with Gasteiger partial charge in [0.05, 0.1) is 37.1 Å². The van der Waals surface area contributed by atoms with Crippen molar-refractivity contribution < 1.29 is 37.3 Å². The van der Waals surface area contributed by atoms with Gasteiger partial charge in [-0.15, -0.1) is 0 Å². The summed E-state index contributed by atoms with van der Waals surface area (Å²) in [4.78, 5) is 43.3. The van der Waals surface area contributed by atoms with E-state index in [-0.39, 0.29) is 63.4 Å². The van der Waals surface area contributed by atoms with Gasteiger partial charge < -0.3 is 24.2 Å². The molecule has 1 aliphatic carbocycles. The Morgan fingerprint density at radius 2 is 1.62 bits per heavy atom. The van der Waals surface area contributed by atoms with E-state index in [1.54, 1.807) is 18.2 Å². The average Bonchev–Trinajstić information content (AvgIpc) is 3.92. The van der Waals surface area contributed by atoms with Crippen molar-refractivity contribution in [1.29, 1.82) is 0 Å². The van der Waals surface area contributed by atoms with Crippen molar-refractivity contribution in [3.05, 3.63) is 102 Å². The fourth-order valence-corrected chi connectivity index (χ4v) is 6.37.